The van der Waals surface area contributed by atoms with E-state index in [0.29, 0.717) is 16.8 Å². The van der Waals surface area contributed by atoms with Crippen molar-refractivity contribution in [3.63, 3.8) is 0 Å². The molecular weight excluding hydrogens is 370 g/mol. The second-order valence-corrected chi connectivity index (χ2v) is 6.66. The van der Waals surface area contributed by atoms with E-state index in [0.717, 1.165) is 5.56 Å². The molecule has 0 aliphatic heterocycles. The van der Waals surface area contributed by atoms with E-state index >= 15 is 0 Å². The van der Waals surface area contributed by atoms with Crippen LogP contribution in [0.1, 0.15) is 46.0 Å². The van der Waals surface area contributed by atoms with Crippen molar-refractivity contribution in [3.05, 3.63) is 65.2 Å². The Bertz CT molecular complexity index is 891. The summed E-state index contributed by atoms with van der Waals surface area (Å²) in [5.74, 6) is -0.841. The molecule has 0 heterocycles. The minimum Gasteiger partial charge on any atom is -0.354 e. The zero-order valence-corrected chi connectivity index (χ0v) is 16.6. The van der Waals surface area contributed by atoms with Gasteiger partial charge in [0.1, 0.15) is 0 Å². The molecule has 7 heteroatoms. The highest BCUT2D eigenvalue weighted by Gasteiger charge is 2.10. The number of aryl methyl sites for hydroxylation is 1. The first-order valence-corrected chi connectivity index (χ1v) is 9.37. The third-order valence-electron chi connectivity index (χ3n) is 4.13. The van der Waals surface area contributed by atoms with Crippen molar-refractivity contribution in [1.82, 2.24) is 10.6 Å². The van der Waals surface area contributed by atoms with Gasteiger partial charge in [0.05, 0.1) is 0 Å². The van der Waals surface area contributed by atoms with E-state index in [4.69, 9.17) is 0 Å². The summed E-state index contributed by atoms with van der Waals surface area (Å²) in [6.45, 7) is 3.85. The van der Waals surface area contributed by atoms with Gasteiger partial charge in [-0.25, -0.2) is 0 Å². The van der Waals surface area contributed by atoms with E-state index in [1.54, 1.807) is 36.4 Å². The molecule has 0 aliphatic carbocycles. The normalized spacial score (nSPS) is 10.1. The van der Waals surface area contributed by atoms with Crippen LogP contribution in [0.5, 0.6) is 0 Å². The Labute approximate surface area is 169 Å². The van der Waals surface area contributed by atoms with Crippen molar-refractivity contribution in [3.8, 4) is 0 Å². The van der Waals surface area contributed by atoms with Crippen molar-refractivity contribution in [2.45, 2.75) is 26.7 Å². The number of amides is 3. The molecule has 3 N–H and O–H groups in total. The van der Waals surface area contributed by atoms with Gasteiger partial charge in [0.25, 0.3) is 5.91 Å². The average molecular weight is 395 g/mol. The van der Waals surface area contributed by atoms with Crippen LogP contribution in [0.4, 0.5) is 5.69 Å². The number of Topliss-reactive ketones (excluding diaryl/α,β-unsaturated/α-hetero) is 1. The van der Waals surface area contributed by atoms with Gasteiger partial charge in [-0.1, -0.05) is 35.9 Å². The van der Waals surface area contributed by atoms with Crippen molar-refractivity contribution >= 4 is 29.2 Å². The van der Waals surface area contributed by atoms with Crippen molar-refractivity contribution in [1.29, 1.82) is 0 Å². The molecule has 0 fully saturated rings. The summed E-state index contributed by atoms with van der Waals surface area (Å²) in [6, 6.07) is 13.8. The molecular formula is C22H25N3O4. The maximum Gasteiger partial charge on any atom is 0.251 e. The molecule has 0 radical (unpaired) electrons. The quantitative estimate of drug-likeness (QED) is 0.448. The Kier molecular flexibility index (Phi) is 8.09. The van der Waals surface area contributed by atoms with Crippen LogP contribution in [0.3, 0.4) is 0 Å². The standard InChI is InChI=1S/C22H25N3O4/c1-15-6-8-17(9-7-15)20(27)10-11-21(28)23-12-13-24-22(29)18-4-3-5-19(14-18)25-16(2)26/h3-9,14H,10-13H2,1-2H3,(H,23,28)(H,24,29)(H,25,26). The molecule has 2 aromatic rings. The molecule has 0 saturated heterocycles. The summed E-state index contributed by atoms with van der Waals surface area (Å²) >= 11 is 0. The lowest BCUT2D eigenvalue weighted by Crippen LogP contribution is -2.34. The van der Waals surface area contributed by atoms with Crippen LogP contribution in [-0.2, 0) is 9.59 Å². The molecule has 0 aliphatic rings. The first-order valence-electron chi connectivity index (χ1n) is 9.37. The van der Waals surface area contributed by atoms with Gasteiger partial charge in [0.15, 0.2) is 5.78 Å². The van der Waals surface area contributed by atoms with E-state index in [1.807, 2.05) is 19.1 Å². The predicted octanol–water partition coefficient (Wildman–Crippen LogP) is 2.46. The number of hydrogen-bond donors (Lipinski definition) is 3. The number of nitrogens with one attached hydrogen (secondary N) is 3. The summed E-state index contributed by atoms with van der Waals surface area (Å²) in [6.07, 6.45) is 0.233. The first kappa shape index (κ1) is 21.8. The molecule has 2 aromatic carbocycles. The minimum atomic E-state index is -0.305. The molecule has 29 heavy (non-hydrogen) atoms. The SMILES string of the molecule is CC(=O)Nc1cccc(C(=O)NCCNC(=O)CCC(=O)c2ccc(C)cc2)c1. The summed E-state index contributed by atoms with van der Waals surface area (Å²) in [5, 5.41) is 7.99. The van der Waals surface area contributed by atoms with E-state index in [9.17, 15) is 19.2 Å². The number of carbonyl (C=O) groups excluding carboxylic acids is 4. The van der Waals surface area contributed by atoms with Crippen LogP contribution >= 0.6 is 0 Å². The van der Waals surface area contributed by atoms with E-state index in [1.165, 1.54) is 6.92 Å². The van der Waals surface area contributed by atoms with Gasteiger partial charge < -0.3 is 16.0 Å². The highest BCUT2D eigenvalue weighted by molar-refractivity contribution is 5.98. The Morgan fingerprint density at radius 1 is 0.828 bits per heavy atom. The second kappa shape index (κ2) is 10.8. The molecule has 2 rings (SSSR count). The summed E-state index contributed by atoms with van der Waals surface area (Å²) in [4.78, 5) is 47.2. The topological polar surface area (TPSA) is 104 Å². The second-order valence-electron chi connectivity index (χ2n) is 6.66. The smallest absolute Gasteiger partial charge is 0.251 e. The lowest BCUT2D eigenvalue weighted by atomic mass is 10.1. The number of hydrogen-bond acceptors (Lipinski definition) is 4. The number of carbonyl (C=O) groups is 4. The fourth-order valence-corrected chi connectivity index (χ4v) is 2.62. The maximum atomic E-state index is 12.1. The third kappa shape index (κ3) is 7.57. The van der Waals surface area contributed by atoms with Gasteiger partial charge in [-0.2, -0.15) is 0 Å². The molecule has 7 nitrogen and oxygen atoms in total. The van der Waals surface area contributed by atoms with Gasteiger partial charge in [-0.15, -0.1) is 0 Å². The summed E-state index contributed by atoms with van der Waals surface area (Å²) in [7, 11) is 0. The molecule has 0 unspecified atom stereocenters. The molecule has 0 spiro atoms. The van der Waals surface area contributed by atoms with E-state index in [-0.39, 0.29) is 49.4 Å². The van der Waals surface area contributed by atoms with Crippen LogP contribution in [-0.4, -0.2) is 36.6 Å². The Morgan fingerprint density at radius 3 is 2.21 bits per heavy atom. The largest absolute Gasteiger partial charge is 0.354 e. The van der Waals surface area contributed by atoms with Gasteiger partial charge in [-0.3, -0.25) is 19.2 Å². The lowest BCUT2D eigenvalue weighted by Gasteiger charge is -2.08. The zero-order valence-electron chi connectivity index (χ0n) is 16.6. The maximum absolute atomic E-state index is 12.1. The monoisotopic (exact) mass is 395 g/mol. The highest BCUT2D eigenvalue weighted by atomic mass is 16.2. The van der Waals surface area contributed by atoms with Crippen molar-refractivity contribution in [2.24, 2.45) is 0 Å². The van der Waals surface area contributed by atoms with Gasteiger partial charge >= 0.3 is 0 Å². The molecule has 0 atom stereocenters. The molecule has 0 aromatic heterocycles. The number of benzene rings is 2. The highest BCUT2D eigenvalue weighted by Crippen LogP contribution is 2.10. The van der Waals surface area contributed by atoms with Crippen LogP contribution in [0, 0.1) is 6.92 Å². The van der Waals surface area contributed by atoms with Gasteiger partial charge in [0, 0.05) is 49.7 Å². The number of rotatable bonds is 9. The molecule has 3 amide bonds. The predicted molar refractivity (Wildman–Crippen MR) is 111 cm³/mol. The van der Waals surface area contributed by atoms with Crippen LogP contribution in [0.2, 0.25) is 0 Å². The molecule has 152 valence electrons. The van der Waals surface area contributed by atoms with Gasteiger partial charge in [0.2, 0.25) is 11.8 Å². The third-order valence-corrected chi connectivity index (χ3v) is 4.13. The molecule has 0 bridgehead atoms. The fraction of sp³-hybridized carbons (Fsp3) is 0.273. The van der Waals surface area contributed by atoms with E-state index < -0.39 is 0 Å². The zero-order chi connectivity index (χ0) is 21.2. The van der Waals surface area contributed by atoms with Crippen molar-refractivity contribution < 1.29 is 19.2 Å². The summed E-state index contributed by atoms with van der Waals surface area (Å²) < 4.78 is 0. The van der Waals surface area contributed by atoms with Gasteiger partial charge in [-0.05, 0) is 25.1 Å². The van der Waals surface area contributed by atoms with E-state index in [2.05, 4.69) is 16.0 Å². The van der Waals surface area contributed by atoms with Crippen LogP contribution in [0.25, 0.3) is 0 Å². The Hall–Kier alpha value is -3.48. The first-order chi connectivity index (χ1) is 13.8. The average Bonchev–Trinajstić information content (AvgIpc) is 2.69. The Balaban J connectivity index is 1.68. The molecule has 0 saturated carbocycles. The summed E-state index contributed by atoms with van der Waals surface area (Å²) in [5.41, 5.74) is 2.61. The van der Waals surface area contributed by atoms with Crippen LogP contribution in [0.15, 0.2) is 48.5 Å². The lowest BCUT2D eigenvalue weighted by molar-refractivity contribution is -0.121. The van der Waals surface area contributed by atoms with Crippen molar-refractivity contribution in [2.75, 3.05) is 18.4 Å². The van der Waals surface area contributed by atoms with Crippen LogP contribution < -0.4 is 16.0 Å². The minimum absolute atomic E-state index is 0.0764. The number of anilines is 1. The fourth-order valence-electron chi connectivity index (χ4n) is 2.62. The number of ketones is 1. The Morgan fingerprint density at radius 2 is 1.52 bits per heavy atom.